The Hall–Kier alpha value is -0.970. The number of aliphatic hydroxyl groups excluding tert-OH is 1. The van der Waals surface area contributed by atoms with Gasteiger partial charge in [0.25, 0.3) is 0 Å². The van der Waals surface area contributed by atoms with Crippen LogP contribution in [0.2, 0.25) is 5.02 Å². The van der Waals surface area contributed by atoms with E-state index in [1.807, 2.05) is 3.11 Å². The Labute approximate surface area is 165 Å². The predicted octanol–water partition coefficient (Wildman–Crippen LogP) is 2.52. The lowest BCUT2D eigenvalue weighted by Gasteiger charge is -2.31. The molecule has 2 unspecified atom stereocenters. The second-order valence-corrected chi connectivity index (χ2v) is 7.47. The largest absolute Gasteiger partial charge is 0.492 e. The molecule has 1 aliphatic rings. The molecular formula is C16H22ClIN2O5. The smallest absolute Gasteiger partial charge is 0.342 e. The van der Waals surface area contributed by atoms with Gasteiger partial charge in [0, 0.05) is 41.9 Å². The maximum absolute atomic E-state index is 12.5. The van der Waals surface area contributed by atoms with Gasteiger partial charge in [0.1, 0.15) is 5.56 Å². The van der Waals surface area contributed by atoms with Crippen LogP contribution in [0.1, 0.15) is 23.7 Å². The van der Waals surface area contributed by atoms with Crippen molar-refractivity contribution in [1.82, 2.24) is 3.11 Å². The van der Waals surface area contributed by atoms with Gasteiger partial charge in [0.05, 0.1) is 37.1 Å². The van der Waals surface area contributed by atoms with Gasteiger partial charge in [-0.25, -0.2) is 7.91 Å². The molecule has 0 radical (unpaired) electrons. The molecule has 0 bridgehead atoms. The van der Waals surface area contributed by atoms with Crippen LogP contribution in [0.3, 0.4) is 0 Å². The van der Waals surface area contributed by atoms with E-state index in [1.165, 1.54) is 13.2 Å². The number of aliphatic hydroxyl groups is 1. The number of piperidine rings is 1. The molecule has 0 saturated carbocycles. The summed E-state index contributed by atoms with van der Waals surface area (Å²) in [7, 11) is 1.42. The summed E-state index contributed by atoms with van der Waals surface area (Å²) in [6.45, 7) is 3.65. The number of methoxy groups -OCH3 is 1. The minimum absolute atomic E-state index is 0.100. The first kappa shape index (κ1) is 20.3. The summed E-state index contributed by atoms with van der Waals surface area (Å²) < 4.78 is 18.2. The number of β-amino-alcohol motifs (C(OH)–C–C–N with tert-alkyl or cyclic N) is 1. The van der Waals surface area contributed by atoms with Gasteiger partial charge in [-0.3, -0.25) is 0 Å². The molecule has 1 saturated heterocycles. The molecule has 9 heteroatoms. The number of ether oxygens (including phenoxy) is 3. The molecule has 0 spiro atoms. The fourth-order valence-electron chi connectivity index (χ4n) is 2.66. The highest BCUT2D eigenvalue weighted by Crippen LogP contribution is 2.42. The summed E-state index contributed by atoms with van der Waals surface area (Å²) in [6, 6.07) is 1.41. The molecule has 1 heterocycles. The molecule has 0 amide bonds. The average molecular weight is 485 g/mol. The lowest BCUT2D eigenvalue weighted by atomic mass is 9.96. The van der Waals surface area contributed by atoms with Crippen LogP contribution in [-0.4, -0.2) is 53.7 Å². The molecule has 0 aromatic heterocycles. The van der Waals surface area contributed by atoms with Gasteiger partial charge >= 0.3 is 5.97 Å². The Morgan fingerprint density at radius 2 is 2.24 bits per heavy atom. The van der Waals surface area contributed by atoms with Crippen molar-refractivity contribution in [3.8, 4) is 11.5 Å². The van der Waals surface area contributed by atoms with Gasteiger partial charge in [-0.1, -0.05) is 11.6 Å². The number of hydrogen-bond donors (Lipinski definition) is 2. The summed E-state index contributed by atoms with van der Waals surface area (Å²) >= 11 is 8.27. The molecule has 140 valence electrons. The minimum Gasteiger partial charge on any atom is -0.492 e. The zero-order valence-electron chi connectivity index (χ0n) is 14.1. The second kappa shape index (κ2) is 9.11. The van der Waals surface area contributed by atoms with Crippen LogP contribution in [0.5, 0.6) is 11.5 Å². The van der Waals surface area contributed by atoms with Gasteiger partial charge in [-0.05, 0) is 19.4 Å². The van der Waals surface area contributed by atoms with E-state index in [9.17, 15) is 9.90 Å². The standard InChI is InChI=1S/C16H22ClIN2O5/c1-3-24-15-13(19)11(17)6-10(14(15)23-2)16(22)25-8-9-4-5-20(18)7-12(9)21/h6,9,12,21H,3-5,7-8,19H2,1-2H3. The van der Waals surface area contributed by atoms with E-state index in [2.05, 4.69) is 22.9 Å². The molecule has 1 aromatic rings. The summed E-state index contributed by atoms with van der Waals surface area (Å²) in [5.74, 6) is -0.278. The summed E-state index contributed by atoms with van der Waals surface area (Å²) in [5, 5.41) is 10.3. The van der Waals surface area contributed by atoms with E-state index >= 15 is 0 Å². The molecule has 0 aliphatic carbocycles. The normalized spacial score (nSPS) is 21.0. The number of hydrogen-bond acceptors (Lipinski definition) is 7. The van der Waals surface area contributed by atoms with Crippen LogP contribution in [-0.2, 0) is 4.74 Å². The molecule has 1 aromatic carbocycles. The first-order valence-electron chi connectivity index (χ1n) is 7.93. The van der Waals surface area contributed by atoms with Gasteiger partial charge in [0.15, 0.2) is 11.5 Å². The minimum atomic E-state index is -0.594. The number of nitrogens with zero attached hydrogens (tertiary/aromatic N) is 1. The molecular weight excluding hydrogens is 463 g/mol. The molecule has 2 rings (SSSR count). The third-order valence-electron chi connectivity index (χ3n) is 4.04. The summed E-state index contributed by atoms with van der Waals surface area (Å²) in [5.41, 5.74) is 6.26. The van der Waals surface area contributed by atoms with Gasteiger partial charge in [-0.2, -0.15) is 0 Å². The summed E-state index contributed by atoms with van der Waals surface area (Å²) in [6.07, 6.45) is 0.218. The Balaban J connectivity index is 2.16. The number of anilines is 1. The average Bonchev–Trinajstić information content (AvgIpc) is 2.58. The van der Waals surface area contributed by atoms with Crippen LogP contribution in [0, 0.1) is 5.92 Å². The monoisotopic (exact) mass is 484 g/mol. The molecule has 7 nitrogen and oxygen atoms in total. The quantitative estimate of drug-likeness (QED) is 0.277. The highest BCUT2D eigenvalue weighted by atomic mass is 127. The highest BCUT2D eigenvalue weighted by molar-refractivity contribution is 14.1. The lowest BCUT2D eigenvalue weighted by molar-refractivity contribution is 0.00498. The van der Waals surface area contributed by atoms with E-state index in [0.29, 0.717) is 13.2 Å². The first-order valence-corrected chi connectivity index (χ1v) is 9.27. The molecule has 1 aliphatic heterocycles. The Morgan fingerprint density at radius 3 is 2.84 bits per heavy atom. The van der Waals surface area contributed by atoms with Crippen molar-refractivity contribution in [1.29, 1.82) is 0 Å². The molecule has 1 fully saturated rings. The van der Waals surface area contributed by atoms with Crippen molar-refractivity contribution in [2.24, 2.45) is 5.92 Å². The lowest BCUT2D eigenvalue weighted by Crippen LogP contribution is -2.41. The van der Waals surface area contributed by atoms with Crippen LogP contribution < -0.4 is 15.2 Å². The Morgan fingerprint density at radius 1 is 1.52 bits per heavy atom. The van der Waals surface area contributed by atoms with Crippen LogP contribution in [0.15, 0.2) is 6.07 Å². The van der Waals surface area contributed by atoms with E-state index in [1.54, 1.807) is 6.92 Å². The Kier molecular flexibility index (Phi) is 7.41. The van der Waals surface area contributed by atoms with E-state index in [-0.39, 0.29) is 40.3 Å². The van der Waals surface area contributed by atoms with Crippen molar-refractivity contribution in [3.05, 3.63) is 16.7 Å². The fraction of sp³-hybridized carbons (Fsp3) is 0.562. The zero-order valence-corrected chi connectivity index (χ0v) is 17.0. The number of nitrogen functional groups attached to an aromatic ring is 1. The number of nitrogens with two attached hydrogens (primary N) is 1. The number of rotatable bonds is 6. The van der Waals surface area contributed by atoms with E-state index in [4.69, 9.17) is 31.5 Å². The third-order valence-corrected chi connectivity index (χ3v) is 5.23. The molecule has 25 heavy (non-hydrogen) atoms. The van der Waals surface area contributed by atoms with Gasteiger partial charge < -0.3 is 25.1 Å². The zero-order chi connectivity index (χ0) is 18.6. The van der Waals surface area contributed by atoms with Crippen molar-refractivity contribution in [3.63, 3.8) is 0 Å². The molecule has 3 N–H and O–H groups in total. The van der Waals surface area contributed by atoms with Crippen molar-refractivity contribution in [2.75, 3.05) is 39.1 Å². The SMILES string of the molecule is CCOc1c(N)c(Cl)cc(C(=O)OCC2CCN(I)CC2O)c1OC. The van der Waals surface area contributed by atoms with Crippen molar-refractivity contribution in [2.45, 2.75) is 19.4 Å². The third kappa shape index (κ3) is 4.81. The topological polar surface area (TPSA) is 94.2 Å². The first-order chi connectivity index (χ1) is 11.9. The van der Waals surface area contributed by atoms with Crippen LogP contribution >= 0.6 is 34.5 Å². The van der Waals surface area contributed by atoms with Crippen molar-refractivity contribution < 1.29 is 24.1 Å². The van der Waals surface area contributed by atoms with Crippen LogP contribution in [0.25, 0.3) is 0 Å². The van der Waals surface area contributed by atoms with Crippen molar-refractivity contribution >= 4 is 46.1 Å². The number of halogens is 2. The second-order valence-electron chi connectivity index (χ2n) is 5.70. The van der Waals surface area contributed by atoms with Crippen LogP contribution in [0.4, 0.5) is 5.69 Å². The number of carbonyl (C=O) groups excluding carboxylic acids is 1. The summed E-state index contributed by atoms with van der Waals surface area (Å²) in [4.78, 5) is 12.5. The van der Waals surface area contributed by atoms with E-state index < -0.39 is 12.1 Å². The van der Waals surface area contributed by atoms with E-state index in [0.717, 1.165) is 13.0 Å². The molecule has 2 atom stereocenters. The van der Waals surface area contributed by atoms with Gasteiger partial charge in [0.2, 0.25) is 0 Å². The number of benzene rings is 1. The number of esters is 1. The fourth-order valence-corrected chi connectivity index (χ4v) is 3.54. The maximum Gasteiger partial charge on any atom is 0.342 e. The van der Waals surface area contributed by atoms with Gasteiger partial charge in [-0.15, -0.1) is 0 Å². The number of carbonyl (C=O) groups is 1. The highest BCUT2D eigenvalue weighted by Gasteiger charge is 2.29. The predicted molar refractivity (Wildman–Crippen MR) is 104 cm³/mol. The Bertz CT molecular complexity index is 631. The maximum atomic E-state index is 12.5.